The lowest BCUT2D eigenvalue weighted by Gasteiger charge is -2.09. The van der Waals surface area contributed by atoms with Crippen LogP contribution in [0.2, 0.25) is 0 Å². The van der Waals surface area contributed by atoms with Gasteiger partial charge in [0.25, 0.3) is 0 Å². The van der Waals surface area contributed by atoms with Gasteiger partial charge >= 0.3 is 0 Å². The molecule has 0 unspecified atom stereocenters. The van der Waals surface area contributed by atoms with E-state index >= 15 is 0 Å². The van der Waals surface area contributed by atoms with E-state index in [0.717, 1.165) is 5.56 Å². The van der Waals surface area contributed by atoms with Crippen LogP contribution < -0.4 is 10.5 Å². The number of rotatable bonds is 3. The maximum absolute atomic E-state index is 13.9. The molecule has 21 heavy (non-hydrogen) atoms. The lowest BCUT2D eigenvalue weighted by atomic mass is 10.1. The third kappa shape index (κ3) is 4.04. The highest BCUT2D eigenvalue weighted by molar-refractivity contribution is 5.37. The molecule has 0 saturated heterocycles. The third-order valence-corrected chi connectivity index (χ3v) is 2.86. The van der Waals surface area contributed by atoms with Gasteiger partial charge < -0.3 is 10.5 Å². The lowest BCUT2D eigenvalue weighted by molar-refractivity contribution is 0.284. The van der Waals surface area contributed by atoms with Crippen molar-refractivity contribution in [2.75, 3.05) is 6.54 Å². The minimum atomic E-state index is -0.466. The minimum absolute atomic E-state index is 0.0448. The Morgan fingerprint density at radius 1 is 1.10 bits per heavy atom. The van der Waals surface area contributed by atoms with Crippen LogP contribution in [-0.2, 0) is 6.61 Å². The van der Waals surface area contributed by atoms with Crippen molar-refractivity contribution in [3.63, 3.8) is 0 Å². The number of hydrogen-bond acceptors (Lipinski definition) is 2. The molecule has 2 nitrogen and oxygen atoms in total. The van der Waals surface area contributed by atoms with Crippen LogP contribution in [0.4, 0.5) is 8.78 Å². The smallest absolute Gasteiger partial charge is 0.165 e. The number of ether oxygens (including phenoxy) is 1. The fourth-order valence-electron chi connectivity index (χ4n) is 1.77. The van der Waals surface area contributed by atoms with Crippen LogP contribution in [0, 0.1) is 30.4 Å². The van der Waals surface area contributed by atoms with E-state index in [4.69, 9.17) is 10.5 Å². The normalized spacial score (nSPS) is 9.90. The lowest BCUT2D eigenvalue weighted by Crippen LogP contribution is -2.01. The summed E-state index contributed by atoms with van der Waals surface area (Å²) in [5, 5.41) is 0. The topological polar surface area (TPSA) is 35.2 Å². The van der Waals surface area contributed by atoms with Gasteiger partial charge in [0.05, 0.1) is 6.54 Å². The van der Waals surface area contributed by atoms with Gasteiger partial charge in [0, 0.05) is 11.1 Å². The Morgan fingerprint density at radius 2 is 1.90 bits per heavy atom. The SMILES string of the molecule is Cc1ccc(F)c(OCc2ccc(C#CCN)cc2F)c1. The first-order chi connectivity index (χ1) is 10.1. The van der Waals surface area contributed by atoms with E-state index in [2.05, 4.69) is 11.8 Å². The van der Waals surface area contributed by atoms with Gasteiger partial charge in [0.15, 0.2) is 11.6 Å². The average Bonchev–Trinajstić information content (AvgIpc) is 2.47. The Labute approximate surface area is 122 Å². The van der Waals surface area contributed by atoms with E-state index in [9.17, 15) is 8.78 Å². The first-order valence-electron chi connectivity index (χ1n) is 6.46. The molecule has 2 N–H and O–H groups in total. The number of halogens is 2. The van der Waals surface area contributed by atoms with Crippen LogP contribution in [0.25, 0.3) is 0 Å². The van der Waals surface area contributed by atoms with Crippen LogP contribution >= 0.6 is 0 Å². The molecule has 0 fully saturated rings. The van der Waals surface area contributed by atoms with Crippen molar-refractivity contribution in [2.24, 2.45) is 5.73 Å². The molecule has 0 aliphatic rings. The quantitative estimate of drug-likeness (QED) is 0.880. The van der Waals surface area contributed by atoms with Crippen molar-refractivity contribution in [1.29, 1.82) is 0 Å². The molecule has 2 aromatic rings. The monoisotopic (exact) mass is 287 g/mol. The Hall–Kier alpha value is -2.38. The summed E-state index contributed by atoms with van der Waals surface area (Å²) in [6.07, 6.45) is 0. The van der Waals surface area contributed by atoms with E-state index in [1.807, 2.05) is 6.92 Å². The van der Waals surface area contributed by atoms with E-state index < -0.39 is 11.6 Å². The maximum atomic E-state index is 13.9. The van der Waals surface area contributed by atoms with Crippen molar-refractivity contribution < 1.29 is 13.5 Å². The molecule has 0 spiro atoms. The summed E-state index contributed by atoms with van der Waals surface area (Å²) in [7, 11) is 0. The van der Waals surface area contributed by atoms with Crippen LogP contribution in [0.1, 0.15) is 16.7 Å². The Balaban J connectivity index is 2.11. The molecule has 0 radical (unpaired) electrons. The van der Waals surface area contributed by atoms with Crippen molar-refractivity contribution in [1.82, 2.24) is 0 Å². The summed E-state index contributed by atoms with van der Waals surface area (Å²) >= 11 is 0. The molecule has 0 bridgehead atoms. The van der Waals surface area contributed by atoms with Gasteiger partial charge in [-0.1, -0.05) is 24.0 Å². The fourth-order valence-corrected chi connectivity index (χ4v) is 1.77. The molecule has 2 rings (SSSR count). The molecular formula is C17H15F2NO. The van der Waals surface area contributed by atoms with E-state index in [-0.39, 0.29) is 18.9 Å². The molecule has 0 heterocycles. The van der Waals surface area contributed by atoms with Gasteiger partial charge in [-0.2, -0.15) is 0 Å². The average molecular weight is 287 g/mol. The fraction of sp³-hybridized carbons (Fsp3) is 0.176. The Kier molecular flexibility index (Phi) is 4.91. The summed E-state index contributed by atoms with van der Waals surface area (Å²) in [5.74, 6) is 4.61. The summed E-state index contributed by atoms with van der Waals surface area (Å²) in [6, 6.07) is 9.11. The molecule has 0 saturated carbocycles. The highest BCUT2D eigenvalue weighted by Gasteiger charge is 2.07. The molecule has 0 aliphatic carbocycles. The first kappa shape index (κ1) is 15.0. The number of nitrogens with two attached hydrogens (primary N) is 1. The van der Waals surface area contributed by atoms with Crippen LogP contribution in [0.15, 0.2) is 36.4 Å². The summed E-state index contributed by atoms with van der Waals surface area (Å²) in [6.45, 7) is 2.01. The maximum Gasteiger partial charge on any atom is 0.165 e. The summed E-state index contributed by atoms with van der Waals surface area (Å²) < 4.78 is 32.7. The number of benzene rings is 2. The number of hydrogen-bond donors (Lipinski definition) is 1. The van der Waals surface area contributed by atoms with Gasteiger partial charge in [-0.3, -0.25) is 0 Å². The molecule has 0 aromatic heterocycles. The second-order valence-corrected chi connectivity index (χ2v) is 4.53. The molecule has 108 valence electrons. The van der Waals surface area contributed by atoms with E-state index in [1.54, 1.807) is 24.3 Å². The zero-order valence-electron chi connectivity index (χ0n) is 11.6. The Bertz CT molecular complexity index is 702. The predicted octanol–water partition coefficient (Wildman–Crippen LogP) is 3.16. The second kappa shape index (κ2) is 6.87. The van der Waals surface area contributed by atoms with Crippen molar-refractivity contribution in [3.05, 3.63) is 64.7 Å². The van der Waals surface area contributed by atoms with Gasteiger partial charge in [0.1, 0.15) is 12.4 Å². The van der Waals surface area contributed by atoms with Crippen molar-refractivity contribution >= 4 is 0 Å². The van der Waals surface area contributed by atoms with E-state index in [0.29, 0.717) is 11.1 Å². The molecule has 0 atom stereocenters. The third-order valence-electron chi connectivity index (χ3n) is 2.86. The van der Waals surface area contributed by atoms with Gasteiger partial charge in [0.2, 0.25) is 0 Å². The largest absolute Gasteiger partial charge is 0.486 e. The predicted molar refractivity (Wildman–Crippen MR) is 77.8 cm³/mol. The van der Waals surface area contributed by atoms with Crippen molar-refractivity contribution in [3.8, 4) is 17.6 Å². The molecule has 0 aliphatic heterocycles. The summed E-state index contributed by atoms with van der Waals surface area (Å²) in [4.78, 5) is 0. The van der Waals surface area contributed by atoms with Gasteiger partial charge in [-0.25, -0.2) is 8.78 Å². The zero-order chi connectivity index (χ0) is 15.2. The first-order valence-corrected chi connectivity index (χ1v) is 6.46. The van der Waals surface area contributed by atoms with Crippen LogP contribution in [0.5, 0.6) is 5.75 Å². The van der Waals surface area contributed by atoms with Crippen molar-refractivity contribution in [2.45, 2.75) is 13.5 Å². The highest BCUT2D eigenvalue weighted by Crippen LogP contribution is 2.20. The van der Waals surface area contributed by atoms with Gasteiger partial charge in [-0.05, 0) is 36.8 Å². The van der Waals surface area contributed by atoms with Gasteiger partial charge in [-0.15, -0.1) is 0 Å². The molecule has 0 amide bonds. The van der Waals surface area contributed by atoms with Crippen LogP contribution in [0.3, 0.4) is 0 Å². The number of aryl methyl sites for hydroxylation is 1. The van der Waals surface area contributed by atoms with Crippen LogP contribution in [-0.4, -0.2) is 6.54 Å². The second-order valence-electron chi connectivity index (χ2n) is 4.53. The highest BCUT2D eigenvalue weighted by atomic mass is 19.1. The summed E-state index contributed by atoms with van der Waals surface area (Å²) in [5.41, 5.74) is 7.02. The van der Waals surface area contributed by atoms with E-state index in [1.165, 1.54) is 12.1 Å². The molecule has 4 heteroatoms. The zero-order valence-corrected chi connectivity index (χ0v) is 11.6. The molecular weight excluding hydrogens is 272 g/mol. The Morgan fingerprint density at radius 3 is 2.62 bits per heavy atom. The minimum Gasteiger partial charge on any atom is -0.486 e. The molecule has 2 aromatic carbocycles. The standard InChI is InChI=1S/C17H15F2NO/c1-12-4-7-15(18)17(9-12)21-11-14-6-5-13(3-2-8-20)10-16(14)19/h4-7,9-10H,8,11,20H2,1H3.